The fourth-order valence-corrected chi connectivity index (χ4v) is 2.90. The summed E-state index contributed by atoms with van der Waals surface area (Å²) < 4.78 is 0. The van der Waals surface area contributed by atoms with Gasteiger partial charge in [0, 0.05) is 0 Å². The number of amides is 4. The molecule has 9 N–H and O–H groups in total. The quantitative estimate of drug-likeness (QED) is 0.137. The molecule has 0 aromatic carbocycles. The van der Waals surface area contributed by atoms with Gasteiger partial charge < -0.3 is 37.6 Å². The molecule has 31 heavy (non-hydrogen) atoms. The first-order chi connectivity index (χ1) is 14.5. The number of nitrogens with two attached hydrogens (primary N) is 2. The van der Waals surface area contributed by atoms with Crippen LogP contribution in [0.1, 0.15) is 33.1 Å². The topological polar surface area (TPSA) is 214 Å². The Bertz CT molecular complexity index is 649. The Labute approximate surface area is 185 Å². The molecular weight excluding hydrogens is 430 g/mol. The summed E-state index contributed by atoms with van der Waals surface area (Å²) in [4.78, 5) is 59.9. The summed E-state index contributed by atoms with van der Waals surface area (Å²) in [7, 11) is 0. The van der Waals surface area contributed by atoms with Crippen molar-refractivity contribution < 1.29 is 34.2 Å². The molecule has 12 nitrogen and oxygen atoms in total. The number of aliphatic hydroxyl groups is 1. The highest BCUT2D eigenvalue weighted by Crippen LogP contribution is 2.08. The van der Waals surface area contributed by atoms with Gasteiger partial charge in [-0.1, -0.05) is 20.3 Å². The van der Waals surface area contributed by atoms with Crippen molar-refractivity contribution in [3.63, 3.8) is 0 Å². The van der Waals surface area contributed by atoms with Crippen molar-refractivity contribution >= 4 is 41.4 Å². The van der Waals surface area contributed by atoms with Crippen molar-refractivity contribution in [1.29, 1.82) is 0 Å². The minimum atomic E-state index is -1.62. The first-order valence-electron chi connectivity index (χ1n) is 9.75. The zero-order chi connectivity index (χ0) is 24.1. The number of carboxylic acids is 1. The van der Waals surface area contributed by atoms with Crippen LogP contribution in [0, 0.1) is 5.92 Å². The lowest BCUT2D eigenvalue weighted by Gasteiger charge is -2.25. The van der Waals surface area contributed by atoms with E-state index in [2.05, 4.69) is 10.6 Å². The summed E-state index contributed by atoms with van der Waals surface area (Å²) in [6.07, 6.45) is 2.09. The second-order valence-electron chi connectivity index (χ2n) is 7.07. The highest BCUT2D eigenvalue weighted by atomic mass is 32.2. The van der Waals surface area contributed by atoms with Gasteiger partial charge in [0.25, 0.3) is 0 Å². The third kappa shape index (κ3) is 10.5. The van der Waals surface area contributed by atoms with E-state index in [1.165, 1.54) is 11.8 Å². The molecule has 5 atom stereocenters. The number of nitrogens with one attached hydrogen (secondary N) is 3. The summed E-state index contributed by atoms with van der Waals surface area (Å²) in [5, 5.41) is 24.9. The Morgan fingerprint density at radius 1 is 0.968 bits per heavy atom. The van der Waals surface area contributed by atoms with E-state index < -0.39 is 66.8 Å². The molecule has 5 unspecified atom stereocenters. The van der Waals surface area contributed by atoms with E-state index in [-0.39, 0.29) is 12.3 Å². The molecule has 4 amide bonds. The SMILES string of the molecule is CCC(C)C(N)C(=O)NC(CCSC)C(=O)NC(CC(N)=O)C(=O)NC(CO)C(=O)O. The Balaban J connectivity index is 5.42. The van der Waals surface area contributed by atoms with Crippen molar-refractivity contribution in [2.75, 3.05) is 18.6 Å². The van der Waals surface area contributed by atoms with Crippen LogP contribution < -0.4 is 27.4 Å². The number of carbonyl (C=O) groups is 5. The number of aliphatic carboxylic acids is 1. The predicted molar refractivity (Wildman–Crippen MR) is 115 cm³/mol. The van der Waals surface area contributed by atoms with Crippen LogP contribution >= 0.6 is 11.8 Å². The maximum atomic E-state index is 12.8. The molecule has 0 saturated heterocycles. The second-order valence-corrected chi connectivity index (χ2v) is 8.05. The molecule has 0 rings (SSSR count). The molecule has 0 radical (unpaired) electrons. The number of primary amides is 1. The molecule has 0 fully saturated rings. The van der Waals surface area contributed by atoms with E-state index in [0.717, 1.165) is 0 Å². The first-order valence-corrected chi connectivity index (χ1v) is 11.1. The van der Waals surface area contributed by atoms with Crippen molar-refractivity contribution in [1.82, 2.24) is 16.0 Å². The normalized spacial score (nSPS) is 15.6. The molecule has 178 valence electrons. The van der Waals surface area contributed by atoms with E-state index >= 15 is 0 Å². The maximum Gasteiger partial charge on any atom is 0.328 e. The molecule has 13 heteroatoms. The van der Waals surface area contributed by atoms with Crippen LogP contribution in [0.3, 0.4) is 0 Å². The fourth-order valence-electron chi connectivity index (χ4n) is 2.43. The average Bonchev–Trinajstić information content (AvgIpc) is 2.71. The number of hydrogen-bond acceptors (Lipinski definition) is 8. The Kier molecular flexibility index (Phi) is 13.5. The molecule has 0 aromatic heterocycles. The lowest BCUT2D eigenvalue weighted by molar-refractivity contribution is -0.143. The summed E-state index contributed by atoms with van der Waals surface area (Å²) >= 11 is 1.44. The minimum Gasteiger partial charge on any atom is -0.480 e. The van der Waals surface area contributed by atoms with E-state index in [4.69, 9.17) is 21.7 Å². The monoisotopic (exact) mass is 463 g/mol. The third-order valence-corrected chi connectivity index (χ3v) is 5.28. The highest BCUT2D eigenvalue weighted by Gasteiger charge is 2.31. The summed E-state index contributed by atoms with van der Waals surface area (Å²) in [5.74, 6) is -4.32. The van der Waals surface area contributed by atoms with Crippen molar-refractivity contribution in [2.45, 2.75) is 57.3 Å². The van der Waals surface area contributed by atoms with Crippen LogP contribution in [-0.2, 0) is 24.0 Å². The largest absolute Gasteiger partial charge is 0.480 e. The Hall–Kier alpha value is -2.38. The second kappa shape index (κ2) is 14.6. The van der Waals surface area contributed by atoms with Gasteiger partial charge in [0.2, 0.25) is 23.6 Å². The maximum absolute atomic E-state index is 12.8. The van der Waals surface area contributed by atoms with Gasteiger partial charge in [-0.15, -0.1) is 0 Å². The Morgan fingerprint density at radius 2 is 1.48 bits per heavy atom. The molecule has 0 aliphatic carbocycles. The third-order valence-electron chi connectivity index (χ3n) is 4.64. The van der Waals surface area contributed by atoms with Crippen LogP contribution in [0.15, 0.2) is 0 Å². The van der Waals surface area contributed by atoms with Gasteiger partial charge in [0.1, 0.15) is 18.1 Å². The lowest BCUT2D eigenvalue weighted by atomic mass is 9.99. The van der Waals surface area contributed by atoms with Gasteiger partial charge >= 0.3 is 5.97 Å². The molecule has 0 aliphatic rings. The summed E-state index contributed by atoms with van der Waals surface area (Å²) in [5.41, 5.74) is 11.0. The number of rotatable bonds is 15. The van der Waals surface area contributed by atoms with Crippen LogP contribution in [-0.4, -0.2) is 82.6 Å². The molecule has 0 aliphatic heterocycles. The van der Waals surface area contributed by atoms with Crippen LogP contribution in [0.25, 0.3) is 0 Å². The van der Waals surface area contributed by atoms with Crippen molar-refractivity contribution in [3.8, 4) is 0 Å². The lowest BCUT2D eigenvalue weighted by Crippen LogP contribution is -2.58. The summed E-state index contributed by atoms with van der Waals surface area (Å²) in [6.45, 7) is 2.78. The predicted octanol–water partition coefficient (Wildman–Crippen LogP) is -2.48. The molecule has 0 heterocycles. The average molecular weight is 464 g/mol. The van der Waals surface area contributed by atoms with Gasteiger partial charge in [-0.25, -0.2) is 4.79 Å². The fraction of sp³-hybridized carbons (Fsp3) is 0.722. The van der Waals surface area contributed by atoms with E-state index in [1.807, 2.05) is 18.5 Å². The van der Waals surface area contributed by atoms with E-state index in [9.17, 15) is 24.0 Å². The molecule has 0 saturated carbocycles. The number of hydrogen-bond donors (Lipinski definition) is 7. The van der Waals surface area contributed by atoms with Crippen LogP contribution in [0.5, 0.6) is 0 Å². The standard InChI is InChI=1S/C18H33N5O7S/c1-4-9(2)14(20)17(28)21-10(5-6-31-3)15(26)22-11(7-13(19)25)16(27)23-12(8-24)18(29)30/h9-12,14,24H,4-8,20H2,1-3H3,(H2,19,25)(H,21,28)(H,22,26)(H,23,27)(H,29,30). The van der Waals surface area contributed by atoms with Crippen LogP contribution in [0.2, 0.25) is 0 Å². The smallest absolute Gasteiger partial charge is 0.328 e. The van der Waals surface area contributed by atoms with Gasteiger partial charge in [-0.2, -0.15) is 11.8 Å². The van der Waals surface area contributed by atoms with Gasteiger partial charge in [0.15, 0.2) is 0 Å². The van der Waals surface area contributed by atoms with Crippen molar-refractivity contribution in [3.05, 3.63) is 0 Å². The molecule has 0 aromatic rings. The van der Waals surface area contributed by atoms with Crippen LogP contribution in [0.4, 0.5) is 0 Å². The summed E-state index contributed by atoms with van der Waals surface area (Å²) in [6, 6.07) is -4.98. The number of thioether (sulfide) groups is 1. The molecule has 0 bridgehead atoms. The van der Waals surface area contributed by atoms with Gasteiger partial charge in [0.05, 0.1) is 19.1 Å². The van der Waals surface area contributed by atoms with Gasteiger partial charge in [-0.05, 0) is 24.3 Å². The Morgan fingerprint density at radius 3 is 1.94 bits per heavy atom. The first kappa shape index (κ1) is 28.6. The van der Waals surface area contributed by atoms with Gasteiger partial charge in [-0.3, -0.25) is 19.2 Å². The molecule has 0 spiro atoms. The highest BCUT2D eigenvalue weighted by molar-refractivity contribution is 7.98. The minimum absolute atomic E-state index is 0.121. The number of carboxylic acid groups (broad SMARTS) is 1. The van der Waals surface area contributed by atoms with E-state index in [1.54, 1.807) is 6.92 Å². The number of carbonyl (C=O) groups excluding carboxylic acids is 4. The van der Waals surface area contributed by atoms with E-state index in [0.29, 0.717) is 12.2 Å². The number of aliphatic hydroxyl groups excluding tert-OH is 1. The van der Waals surface area contributed by atoms with Crippen molar-refractivity contribution in [2.24, 2.45) is 17.4 Å². The molecular formula is C18H33N5O7S. The zero-order valence-electron chi connectivity index (χ0n) is 17.9. The zero-order valence-corrected chi connectivity index (χ0v) is 18.7.